The summed E-state index contributed by atoms with van der Waals surface area (Å²) in [4.78, 5) is 40.2. The summed E-state index contributed by atoms with van der Waals surface area (Å²) in [7, 11) is 3.87. The summed E-state index contributed by atoms with van der Waals surface area (Å²) in [5.41, 5.74) is 7.69. The molecule has 0 aromatic carbocycles. The van der Waals surface area contributed by atoms with E-state index in [0.29, 0.717) is 25.3 Å². The summed E-state index contributed by atoms with van der Waals surface area (Å²) in [5, 5.41) is 2.33. The molecule has 3 amide bonds. The normalized spacial score (nSPS) is 13.1. The molecule has 9 nitrogen and oxygen atoms in total. The second kappa shape index (κ2) is 7.34. The summed E-state index contributed by atoms with van der Waals surface area (Å²) in [6.45, 7) is 0.791. The van der Waals surface area contributed by atoms with Gasteiger partial charge >= 0.3 is 6.03 Å². The van der Waals surface area contributed by atoms with Crippen molar-refractivity contribution in [2.75, 3.05) is 32.1 Å². The molecule has 0 fully saturated rings. The highest BCUT2D eigenvalue weighted by Crippen LogP contribution is 2.28. The minimum absolute atomic E-state index is 0.119. The highest BCUT2D eigenvalue weighted by atomic mass is 16.2. The van der Waals surface area contributed by atoms with E-state index in [1.165, 1.54) is 0 Å². The molecule has 3 heterocycles. The molecule has 2 aromatic heterocycles. The molecule has 0 saturated carbocycles. The molecule has 0 atom stereocenters. The van der Waals surface area contributed by atoms with Crippen molar-refractivity contribution >= 4 is 17.8 Å². The number of aromatic nitrogens is 3. The Balaban J connectivity index is 1.92. The monoisotopic (exact) mass is 355 g/mol. The molecule has 0 spiro atoms. The van der Waals surface area contributed by atoms with Gasteiger partial charge in [0, 0.05) is 44.2 Å². The molecule has 0 saturated heterocycles. The third-order valence-electron chi connectivity index (χ3n) is 4.15. The van der Waals surface area contributed by atoms with Crippen LogP contribution in [0.15, 0.2) is 24.5 Å². The molecule has 2 aromatic rings. The number of anilines is 1. The maximum absolute atomic E-state index is 12.3. The van der Waals surface area contributed by atoms with Gasteiger partial charge in [-0.2, -0.15) is 0 Å². The number of nitrogens with two attached hydrogens (primary N) is 1. The van der Waals surface area contributed by atoms with E-state index in [4.69, 9.17) is 5.73 Å². The zero-order valence-electron chi connectivity index (χ0n) is 14.8. The smallest absolute Gasteiger partial charge is 0.312 e. The molecular formula is C17H21N7O2. The Morgan fingerprint density at radius 2 is 2.15 bits per heavy atom. The number of urea groups is 1. The van der Waals surface area contributed by atoms with Gasteiger partial charge in [0.25, 0.3) is 0 Å². The minimum Gasteiger partial charge on any atom is -0.362 e. The van der Waals surface area contributed by atoms with Crippen molar-refractivity contribution in [3.8, 4) is 11.4 Å². The molecule has 26 heavy (non-hydrogen) atoms. The summed E-state index contributed by atoms with van der Waals surface area (Å²) in [5.74, 6) is 1.23. The third kappa shape index (κ3) is 3.71. The van der Waals surface area contributed by atoms with Crippen LogP contribution in [-0.4, -0.2) is 59.0 Å². The van der Waals surface area contributed by atoms with E-state index in [0.717, 1.165) is 22.6 Å². The van der Waals surface area contributed by atoms with E-state index in [9.17, 15) is 9.59 Å². The number of hydrogen-bond acceptors (Lipinski definition) is 6. The topological polar surface area (TPSA) is 117 Å². The van der Waals surface area contributed by atoms with Gasteiger partial charge < -0.3 is 20.9 Å². The number of primary amides is 1. The van der Waals surface area contributed by atoms with E-state index in [2.05, 4.69) is 20.3 Å². The van der Waals surface area contributed by atoms with Crippen molar-refractivity contribution in [2.45, 2.75) is 13.0 Å². The van der Waals surface area contributed by atoms with E-state index < -0.39 is 6.03 Å². The van der Waals surface area contributed by atoms with Gasteiger partial charge in [-0.3, -0.25) is 9.78 Å². The van der Waals surface area contributed by atoms with E-state index >= 15 is 0 Å². The van der Waals surface area contributed by atoms with Gasteiger partial charge in [0.1, 0.15) is 5.82 Å². The van der Waals surface area contributed by atoms with Crippen LogP contribution in [0.4, 0.5) is 10.6 Å². The molecular weight excluding hydrogens is 334 g/mol. The molecule has 0 aliphatic carbocycles. The Morgan fingerprint density at radius 3 is 2.81 bits per heavy atom. The lowest BCUT2D eigenvalue weighted by Crippen LogP contribution is -2.44. The Kier molecular flexibility index (Phi) is 4.97. The Bertz CT molecular complexity index is 823. The van der Waals surface area contributed by atoms with Gasteiger partial charge in [-0.25, -0.2) is 14.8 Å². The summed E-state index contributed by atoms with van der Waals surface area (Å²) >= 11 is 0. The first kappa shape index (κ1) is 17.6. The van der Waals surface area contributed by atoms with Crippen LogP contribution in [0.5, 0.6) is 0 Å². The fraction of sp³-hybridized carbons (Fsp3) is 0.353. The highest BCUT2D eigenvalue weighted by molar-refractivity contribution is 5.83. The lowest BCUT2D eigenvalue weighted by Gasteiger charge is -2.30. The van der Waals surface area contributed by atoms with Crippen molar-refractivity contribution < 1.29 is 9.59 Å². The number of nitrogens with one attached hydrogen (secondary N) is 1. The number of fused-ring (bicyclic) bond motifs is 1. The van der Waals surface area contributed by atoms with E-state index in [1.54, 1.807) is 17.3 Å². The fourth-order valence-corrected chi connectivity index (χ4v) is 2.89. The average Bonchev–Trinajstić information content (AvgIpc) is 2.65. The van der Waals surface area contributed by atoms with Crippen LogP contribution in [0.3, 0.4) is 0 Å². The zero-order chi connectivity index (χ0) is 18.7. The Labute approximate surface area is 151 Å². The Morgan fingerprint density at radius 1 is 1.35 bits per heavy atom. The predicted molar refractivity (Wildman–Crippen MR) is 96.3 cm³/mol. The predicted octanol–water partition coefficient (Wildman–Crippen LogP) is 0.158. The number of nitrogens with zero attached hydrogens (tertiary/aromatic N) is 5. The first-order chi connectivity index (χ1) is 12.5. The lowest BCUT2D eigenvalue weighted by atomic mass is 10.0. The van der Waals surface area contributed by atoms with Crippen molar-refractivity contribution in [1.82, 2.24) is 25.2 Å². The summed E-state index contributed by atoms with van der Waals surface area (Å²) in [6, 6.07) is 3.02. The van der Waals surface area contributed by atoms with E-state index in [-0.39, 0.29) is 12.5 Å². The minimum atomic E-state index is -0.716. The van der Waals surface area contributed by atoms with Crippen molar-refractivity contribution in [1.29, 1.82) is 0 Å². The quantitative estimate of drug-likeness (QED) is 0.807. The van der Waals surface area contributed by atoms with Crippen LogP contribution >= 0.6 is 0 Å². The van der Waals surface area contributed by atoms with Crippen molar-refractivity contribution in [3.05, 3.63) is 35.8 Å². The molecule has 0 radical (unpaired) electrons. The number of hydrogen-bond donors (Lipinski definition) is 2. The van der Waals surface area contributed by atoms with Gasteiger partial charge in [0.15, 0.2) is 5.82 Å². The average molecular weight is 355 g/mol. The van der Waals surface area contributed by atoms with Crippen molar-refractivity contribution in [2.24, 2.45) is 5.73 Å². The van der Waals surface area contributed by atoms with Gasteiger partial charge in [0.05, 0.1) is 18.8 Å². The van der Waals surface area contributed by atoms with Crippen LogP contribution in [0.2, 0.25) is 0 Å². The third-order valence-corrected chi connectivity index (χ3v) is 4.15. The van der Waals surface area contributed by atoms with Crippen LogP contribution in [0.25, 0.3) is 11.4 Å². The fourth-order valence-electron chi connectivity index (χ4n) is 2.89. The molecule has 3 rings (SSSR count). The van der Waals surface area contributed by atoms with Crippen LogP contribution in [0, 0.1) is 0 Å². The molecule has 136 valence electrons. The highest BCUT2D eigenvalue weighted by Gasteiger charge is 2.26. The van der Waals surface area contributed by atoms with Crippen LogP contribution < -0.4 is 16.0 Å². The summed E-state index contributed by atoms with van der Waals surface area (Å²) in [6.07, 6.45) is 4.06. The molecule has 0 unspecified atom stereocenters. The standard InChI is InChI=1S/C17H21N7O2/c1-23(2)16-12-5-7-24(14(25)9-20-17(18)26)10-13(12)21-15(22-16)11-4-3-6-19-8-11/h3-4,6,8H,5,7,9-10H2,1-2H3,(H3,18,20,26). The first-order valence-electron chi connectivity index (χ1n) is 8.24. The number of carbonyl (C=O) groups is 2. The molecule has 0 bridgehead atoms. The maximum Gasteiger partial charge on any atom is 0.312 e. The molecule has 3 N–H and O–H groups in total. The van der Waals surface area contributed by atoms with Gasteiger partial charge in [-0.1, -0.05) is 0 Å². The second-order valence-corrected chi connectivity index (χ2v) is 6.22. The lowest BCUT2D eigenvalue weighted by molar-refractivity contribution is -0.131. The van der Waals surface area contributed by atoms with Crippen LogP contribution in [-0.2, 0) is 17.8 Å². The van der Waals surface area contributed by atoms with Crippen LogP contribution in [0.1, 0.15) is 11.3 Å². The molecule has 9 heteroatoms. The van der Waals surface area contributed by atoms with E-state index in [1.807, 2.05) is 31.1 Å². The van der Waals surface area contributed by atoms with Gasteiger partial charge in [0.2, 0.25) is 5.91 Å². The number of carbonyl (C=O) groups excluding carboxylic acids is 2. The molecule has 1 aliphatic heterocycles. The largest absolute Gasteiger partial charge is 0.362 e. The number of pyridine rings is 1. The Hall–Kier alpha value is -3.23. The van der Waals surface area contributed by atoms with Gasteiger partial charge in [-0.05, 0) is 18.6 Å². The molecule has 1 aliphatic rings. The SMILES string of the molecule is CN(C)c1nc(-c2cccnc2)nc2c1CCN(C(=O)CNC(N)=O)C2. The maximum atomic E-state index is 12.3. The number of rotatable bonds is 4. The second-order valence-electron chi connectivity index (χ2n) is 6.22. The first-order valence-corrected chi connectivity index (χ1v) is 8.24. The number of amides is 3. The van der Waals surface area contributed by atoms with Crippen molar-refractivity contribution in [3.63, 3.8) is 0 Å². The zero-order valence-corrected chi connectivity index (χ0v) is 14.8. The summed E-state index contributed by atoms with van der Waals surface area (Å²) < 4.78 is 0. The van der Waals surface area contributed by atoms with Gasteiger partial charge in [-0.15, -0.1) is 0 Å².